The Labute approximate surface area is 104 Å². The standard InChI is InChI=1S/C13H9N.Au/c1-9-5-4-7-11-10-6-2-3-8-12(10)14-13(9)11;/h2-8H,1H2;. The van der Waals surface area contributed by atoms with Crippen LogP contribution in [0.1, 0.15) is 0 Å². The van der Waals surface area contributed by atoms with E-state index in [1.54, 1.807) is 0 Å². The maximum Gasteiger partial charge on any atom is 0.0782 e. The average Bonchev–Trinajstić information content (AvgIpc) is 2.59. The molecule has 1 heterocycles. The summed E-state index contributed by atoms with van der Waals surface area (Å²) in [5.41, 5.74) is 3.47. The van der Waals surface area contributed by atoms with E-state index in [9.17, 15) is 0 Å². The monoisotopic (exact) mass is 376 g/mol. The van der Waals surface area contributed by atoms with Crippen molar-refractivity contribution >= 4 is 12.3 Å². The van der Waals surface area contributed by atoms with Crippen molar-refractivity contribution < 1.29 is 22.4 Å². The summed E-state index contributed by atoms with van der Waals surface area (Å²) < 4.78 is 0. The predicted octanol–water partition coefficient (Wildman–Crippen LogP) is 2.03. The molecule has 0 N–H and O–H groups in total. The Morgan fingerprint density at radius 3 is 2.47 bits per heavy atom. The van der Waals surface area contributed by atoms with Crippen LogP contribution in [0.4, 0.5) is 5.69 Å². The number of para-hydroxylation sites is 2. The summed E-state index contributed by atoms with van der Waals surface area (Å²) in [6.45, 7) is 3.98. The second-order valence-corrected chi connectivity index (χ2v) is 3.44. The summed E-state index contributed by atoms with van der Waals surface area (Å²) in [4.78, 5) is 4.55. The molecule has 0 fully saturated rings. The number of fused-ring (bicyclic) bond motifs is 3. The van der Waals surface area contributed by atoms with E-state index in [1.165, 1.54) is 11.1 Å². The van der Waals surface area contributed by atoms with E-state index in [4.69, 9.17) is 0 Å². The van der Waals surface area contributed by atoms with Gasteiger partial charge in [0.2, 0.25) is 0 Å². The van der Waals surface area contributed by atoms with E-state index >= 15 is 0 Å². The number of rotatable bonds is 0. The number of hydrogen-bond donors (Lipinski definition) is 0. The van der Waals surface area contributed by atoms with Crippen LogP contribution in [0.15, 0.2) is 47.5 Å². The van der Waals surface area contributed by atoms with Crippen molar-refractivity contribution in [3.8, 4) is 11.1 Å². The van der Waals surface area contributed by atoms with E-state index in [1.807, 2.05) is 30.3 Å². The van der Waals surface area contributed by atoms with Crippen molar-refractivity contribution in [1.29, 1.82) is 0 Å². The van der Waals surface area contributed by atoms with Crippen molar-refractivity contribution in [2.45, 2.75) is 0 Å². The quantitative estimate of drug-likeness (QED) is 0.533. The van der Waals surface area contributed by atoms with Gasteiger partial charge in [0.25, 0.3) is 0 Å². The summed E-state index contributed by atoms with van der Waals surface area (Å²) in [5.74, 6) is 0. The molecule has 0 bridgehead atoms. The van der Waals surface area contributed by atoms with Gasteiger partial charge in [-0.1, -0.05) is 43.0 Å². The minimum Gasteiger partial charge on any atom is -0.247 e. The summed E-state index contributed by atoms with van der Waals surface area (Å²) in [6.07, 6.45) is 0. The fourth-order valence-corrected chi connectivity index (χ4v) is 1.86. The topological polar surface area (TPSA) is 12.4 Å². The van der Waals surface area contributed by atoms with Gasteiger partial charge in [0.15, 0.2) is 0 Å². The first kappa shape index (κ1) is 10.4. The van der Waals surface area contributed by atoms with Crippen molar-refractivity contribution in [2.75, 3.05) is 0 Å². The second kappa shape index (κ2) is 3.78. The van der Waals surface area contributed by atoms with Gasteiger partial charge in [0, 0.05) is 33.5 Å². The molecule has 2 aromatic carbocycles. The van der Waals surface area contributed by atoms with Crippen LogP contribution in [0.3, 0.4) is 0 Å². The van der Waals surface area contributed by atoms with Crippen molar-refractivity contribution in [1.82, 2.24) is 0 Å². The van der Waals surface area contributed by atoms with Crippen LogP contribution in [0, 0.1) is 0 Å². The fraction of sp³-hybridized carbons (Fsp3) is 0. The third-order valence-electron chi connectivity index (χ3n) is 2.55. The Balaban J connectivity index is 0.000000853. The molecule has 1 nitrogen and oxygen atoms in total. The zero-order valence-electron chi connectivity index (χ0n) is 8.00. The predicted molar refractivity (Wildman–Crippen MR) is 57.8 cm³/mol. The first-order valence-corrected chi connectivity index (χ1v) is 4.62. The van der Waals surface area contributed by atoms with E-state index in [0.29, 0.717) is 0 Å². The van der Waals surface area contributed by atoms with Crippen molar-refractivity contribution in [3.63, 3.8) is 0 Å². The van der Waals surface area contributed by atoms with Crippen LogP contribution in [-0.2, 0) is 22.4 Å². The normalized spacial score (nSPS) is 10.9. The van der Waals surface area contributed by atoms with E-state index < -0.39 is 0 Å². The molecule has 0 saturated heterocycles. The molecule has 77 valence electrons. The van der Waals surface area contributed by atoms with Crippen LogP contribution in [0.5, 0.6) is 0 Å². The van der Waals surface area contributed by atoms with Crippen LogP contribution in [-0.4, -0.2) is 0 Å². The Morgan fingerprint density at radius 1 is 0.867 bits per heavy atom. The maximum absolute atomic E-state index is 4.55. The van der Waals surface area contributed by atoms with Crippen LogP contribution < -0.4 is 10.6 Å². The molecule has 0 saturated carbocycles. The first-order valence-electron chi connectivity index (χ1n) is 4.62. The SMILES string of the molecule is C=c1cccc2c1=Nc1ccccc1-2.[Au]. The summed E-state index contributed by atoms with van der Waals surface area (Å²) >= 11 is 0. The van der Waals surface area contributed by atoms with E-state index in [0.717, 1.165) is 16.3 Å². The molecule has 0 atom stereocenters. The maximum atomic E-state index is 4.55. The van der Waals surface area contributed by atoms with Gasteiger partial charge >= 0.3 is 0 Å². The Morgan fingerprint density at radius 2 is 1.60 bits per heavy atom. The van der Waals surface area contributed by atoms with Gasteiger partial charge in [0.1, 0.15) is 0 Å². The van der Waals surface area contributed by atoms with Gasteiger partial charge in [-0.25, -0.2) is 4.99 Å². The van der Waals surface area contributed by atoms with Gasteiger partial charge in [0.05, 0.1) is 11.0 Å². The Hall–Kier alpha value is -1.15. The molecule has 2 aromatic rings. The molecular formula is C13H9AuN. The van der Waals surface area contributed by atoms with E-state index in [2.05, 4.69) is 23.7 Å². The third kappa shape index (κ3) is 1.49. The fourth-order valence-electron chi connectivity index (χ4n) is 1.86. The molecule has 0 unspecified atom stereocenters. The zero-order valence-corrected chi connectivity index (χ0v) is 10.2. The molecular weight excluding hydrogens is 367 g/mol. The summed E-state index contributed by atoms with van der Waals surface area (Å²) in [5, 5.41) is 2.02. The molecule has 2 heteroatoms. The Kier molecular flexibility index (Phi) is 2.61. The van der Waals surface area contributed by atoms with Gasteiger partial charge < -0.3 is 0 Å². The van der Waals surface area contributed by atoms with Crippen molar-refractivity contribution in [3.05, 3.63) is 53.0 Å². The third-order valence-corrected chi connectivity index (χ3v) is 2.55. The smallest absolute Gasteiger partial charge is 0.0782 e. The first-order chi connectivity index (χ1) is 6.86. The molecule has 0 aliphatic carbocycles. The molecule has 1 aliphatic heterocycles. The molecule has 0 aromatic heterocycles. The largest absolute Gasteiger partial charge is 0.247 e. The second-order valence-electron chi connectivity index (χ2n) is 3.44. The molecule has 1 aliphatic rings. The summed E-state index contributed by atoms with van der Waals surface area (Å²) in [7, 11) is 0. The molecule has 0 spiro atoms. The molecule has 3 rings (SSSR count). The molecule has 15 heavy (non-hydrogen) atoms. The zero-order chi connectivity index (χ0) is 9.54. The van der Waals surface area contributed by atoms with E-state index in [-0.39, 0.29) is 22.4 Å². The van der Waals surface area contributed by atoms with Gasteiger partial charge in [-0.2, -0.15) is 0 Å². The van der Waals surface area contributed by atoms with Crippen LogP contribution in [0.2, 0.25) is 0 Å². The molecule has 1 radical (unpaired) electrons. The van der Waals surface area contributed by atoms with Crippen molar-refractivity contribution in [2.24, 2.45) is 4.99 Å². The van der Waals surface area contributed by atoms with Gasteiger partial charge in [-0.3, -0.25) is 0 Å². The average molecular weight is 376 g/mol. The number of nitrogens with zero attached hydrogens (tertiary/aromatic N) is 1. The number of benzene rings is 2. The van der Waals surface area contributed by atoms with Crippen LogP contribution in [0.25, 0.3) is 17.7 Å². The minimum absolute atomic E-state index is 0. The van der Waals surface area contributed by atoms with Crippen LogP contribution >= 0.6 is 0 Å². The van der Waals surface area contributed by atoms with Gasteiger partial charge in [-0.15, -0.1) is 0 Å². The van der Waals surface area contributed by atoms with Gasteiger partial charge in [-0.05, 0) is 11.3 Å². The number of hydrogen-bond acceptors (Lipinski definition) is 1. The minimum atomic E-state index is 0. The summed E-state index contributed by atoms with van der Waals surface area (Å²) in [6, 6.07) is 14.3. The molecule has 0 amide bonds. The Bertz CT molecular complexity index is 617.